The van der Waals surface area contributed by atoms with E-state index in [0.717, 1.165) is 17.1 Å². The van der Waals surface area contributed by atoms with Crippen molar-refractivity contribution in [3.63, 3.8) is 0 Å². The number of aromatic nitrogens is 2. The zero-order valence-corrected chi connectivity index (χ0v) is 13.9. The third-order valence-corrected chi connectivity index (χ3v) is 4.86. The van der Waals surface area contributed by atoms with Crippen molar-refractivity contribution < 1.29 is 8.42 Å². The summed E-state index contributed by atoms with van der Waals surface area (Å²) in [6.45, 7) is 3.50. The molecule has 116 valence electrons. The van der Waals surface area contributed by atoms with E-state index < -0.39 is 9.84 Å². The minimum atomic E-state index is -2.98. The van der Waals surface area contributed by atoms with Gasteiger partial charge in [-0.2, -0.15) is 5.10 Å². The largest absolute Gasteiger partial charge is 0.354 e. The standard InChI is InChI=1S/C11H18N4O2S.2ClH/c1-8-5-9(6-12)13-14-11(8)15-4-3-10(7-15)18(2,16)17;;/h5,10H,3-4,6-7,12H2,1-2H3;2*1H. The number of aryl methyl sites for hydroxylation is 1. The molecule has 0 spiro atoms. The summed E-state index contributed by atoms with van der Waals surface area (Å²) >= 11 is 0. The maximum atomic E-state index is 11.5. The van der Waals surface area contributed by atoms with Crippen molar-refractivity contribution in [1.29, 1.82) is 0 Å². The molecule has 0 aliphatic carbocycles. The van der Waals surface area contributed by atoms with Gasteiger partial charge in [-0.3, -0.25) is 0 Å². The van der Waals surface area contributed by atoms with Gasteiger partial charge >= 0.3 is 0 Å². The van der Waals surface area contributed by atoms with Gasteiger partial charge in [0.1, 0.15) is 0 Å². The smallest absolute Gasteiger partial charge is 0.154 e. The predicted octanol–water partition coefficient (Wildman–Crippen LogP) is 0.711. The van der Waals surface area contributed by atoms with Gasteiger partial charge < -0.3 is 10.6 Å². The number of anilines is 1. The fourth-order valence-electron chi connectivity index (χ4n) is 2.22. The maximum absolute atomic E-state index is 11.5. The Bertz CT molecular complexity index is 553. The Balaban J connectivity index is 0.00000180. The van der Waals surface area contributed by atoms with Crippen molar-refractivity contribution in [2.75, 3.05) is 24.2 Å². The van der Waals surface area contributed by atoms with E-state index in [-0.39, 0.29) is 30.1 Å². The average Bonchev–Trinajstić information content (AvgIpc) is 2.77. The van der Waals surface area contributed by atoms with Crippen molar-refractivity contribution in [2.45, 2.75) is 25.1 Å². The topological polar surface area (TPSA) is 89.2 Å². The summed E-state index contributed by atoms with van der Waals surface area (Å²) < 4.78 is 23.0. The first-order valence-electron chi connectivity index (χ1n) is 5.89. The molecule has 0 saturated carbocycles. The van der Waals surface area contributed by atoms with E-state index in [0.29, 0.717) is 26.1 Å². The number of hydrogen-bond acceptors (Lipinski definition) is 6. The third-order valence-electron chi connectivity index (χ3n) is 3.27. The molecule has 1 aromatic heterocycles. The van der Waals surface area contributed by atoms with Crippen molar-refractivity contribution in [3.05, 3.63) is 17.3 Å². The second kappa shape index (κ2) is 7.40. The highest BCUT2D eigenvalue weighted by atomic mass is 35.5. The highest BCUT2D eigenvalue weighted by molar-refractivity contribution is 7.91. The van der Waals surface area contributed by atoms with Crippen LogP contribution in [0.5, 0.6) is 0 Å². The number of nitrogens with two attached hydrogens (primary N) is 1. The van der Waals surface area contributed by atoms with Crippen LogP contribution in [0.4, 0.5) is 5.82 Å². The fraction of sp³-hybridized carbons (Fsp3) is 0.636. The predicted molar refractivity (Wildman–Crippen MR) is 84.6 cm³/mol. The molecule has 1 aromatic rings. The lowest BCUT2D eigenvalue weighted by atomic mass is 10.2. The summed E-state index contributed by atoms with van der Waals surface area (Å²) in [6.07, 6.45) is 1.94. The Hall–Kier alpha value is -0.630. The first kappa shape index (κ1) is 19.4. The van der Waals surface area contributed by atoms with Crippen LogP contribution in [-0.4, -0.2) is 43.2 Å². The van der Waals surface area contributed by atoms with E-state index in [9.17, 15) is 8.42 Å². The van der Waals surface area contributed by atoms with Crippen LogP contribution in [0.3, 0.4) is 0 Å². The van der Waals surface area contributed by atoms with E-state index in [4.69, 9.17) is 5.73 Å². The van der Waals surface area contributed by atoms with Crippen molar-refractivity contribution in [3.8, 4) is 0 Å². The highest BCUT2D eigenvalue weighted by Gasteiger charge is 2.31. The van der Waals surface area contributed by atoms with Crippen molar-refractivity contribution in [1.82, 2.24) is 10.2 Å². The average molecular weight is 343 g/mol. The SMILES string of the molecule is Cc1cc(CN)nnc1N1CCC(S(C)(=O)=O)C1.Cl.Cl. The van der Waals surface area contributed by atoms with E-state index in [1.807, 2.05) is 17.9 Å². The van der Waals surface area contributed by atoms with Crippen LogP contribution < -0.4 is 10.6 Å². The number of sulfone groups is 1. The lowest BCUT2D eigenvalue weighted by Gasteiger charge is -2.18. The van der Waals surface area contributed by atoms with Gasteiger partial charge in [-0.05, 0) is 25.0 Å². The van der Waals surface area contributed by atoms with Crippen LogP contribution in [0.25, 0.3) is 0 Å². The van der Waals surface area contributed by atoms with Crippen LogP contribution in [0.2, 0.25) is 0 Å². The quantitative estimate of drug-likeness (QED) is 0.870. The van der Waals surface area contributed by atoms with Gasteiger partial charge in [0.2, 0.25) is 0 Å². The third kappa shape index (κ3) is 4.18. The van der Waals surface area contributed by atoms with Gasteiger partial charge in [0.25, 0.3) is 0 Å². The molecule has 20 heavy (non-hydrogen) atoms. The zero-order valence-electron chi connectivity index (χ0n) is 11.4. The fourth-order valence-corrected chi connectivity index (χ4v) is 3.20. The van der Waals surface area contributed by atoms with Crippen LogP contribution in [-0.2, 0) is 16.4 Å². The van der Waals surface area contributed by atoms with Crippen LogP contribution in [0.1, 0.15) is 17.7 Å². The molecule has 2 N–H and O–H groups in total. The van der Waals surface area contributed by atoms with Gasteiger partial charge in [-0.25, -0.2) is 8.42 Å². The second-order valence-corrected chi connectivity index (χ2v) is 7.06. The summed E-state index contributed by atoms with van der Waals surface area (Å²) in [5.74, 6) is 0.762. The molecule has 0 bridgehead atoms. The Labute approximate surface area is 131 Å². The molecule has 1 aliphatic heterocycles. The van der Waals surface area contributed by atoms with Gasteiger partial charge in [-0.1, -0.05) is 0 Å². The van der Waals surface area contributed by atoms with E-state index in [1.54, 1.807) is 0 Å². The maximum Gasteiger partial charge on any atom is 0.154 e. The first-order chi connectivity index (χ1) is 8.41. The summed E-state index contributed by atoms with van der Waals surface area (Å²) in [5, 5.41) is 7.87. The molecule has 1 saturated heterocycles. The summed E-state index contributed by atoms with van der Waals surface area (Å²) in [4.78, 5) is 1.98. The zero-order chi connectivity index (χ0) is 13.3. The summed E-state index contributed by atoms with van der Waals surface area (Å²) in [6, 6.07) is 1.90. The molecule has 1 fully saturated rings. The molecule has 1 atom stereocenters. The lowest BCUT2D eigenvalue weighted by Crippen LogP contribution is -2.27. The Morgan fingerprint density at radius 2 is 2.05 bits per heavy atom. The minimum absolute atomic E-state index is 0. The molecule has 1 aliphatic rings. The molecular formula is C11H20Cl2N4O2S. The van der Waals surface area contributed by atoms with Gasteiger partial charge in [0, 0.05) is 25.9 Å². The van der Waals surface area contributed by atoms with Gasteiger partial charge in [0.05, 0.1) is 10.9 Å². The minimum Gasteiger partial charge on any atom is -0.354 e. The van der Waals surface area contributed by atoms with E-state index in [2.05, 4.69) is 10.2 Å². The summed E-state index contributed by atoms with van der Waals surface area (Å²) in [7, 11) is -2.98. The molecule has 0 radical (unpaired) electrons. The van der Waals surface area contributed by atoms with E-state index in [1.165, 1.54) is 6.26 Å². The van der Waals surface area contributed by atoms with Crippen LogP contribution in [0.15, 0.2) is 6.07 Å². The second-order valence-electron chi connectivity index (χ2n) is 4.73. The number of rotatable bonds is 3. The Morgan fingerprint density at radius 3 is 2.50 bits per heavy atom. The molecule has 2 heterocycles. The molecular weight excluding hydrogens is 323 g/mol. The molecule has 2 rings (SSSR count). The van der Waals surface area contributed by atoms with Gasteiger partial charge in [0.15, 0.2) is 15.7 Å². The van der Waals surface area contributed by atoms with Crippen LogP contribution >= 0.6 is 24.8 Å². The number of hydrogen-bond donors (Lipinski definition) is 1. The summed E-state index contributed by atoms with van der Waals surface area (Å²) in [5.41, 5.74) is 7.24. The monoisotopic (exact) mass is 342 g/mol. The molecule has 0 aromatic carbocycles. The molecule has 9 heteroatoms. The normalized spacial score (nSPS) is 18.4. The van der Waals surface area contributed by atoms with Crippen molar-refractivity contribution in [2.24, 2.45) is 5.73 Å². The molecule has 0 amide bonds. The Morgan fingerprint density at radius 1 is 1.40 bits per heavy atom. The molecule has 1 unspecified atom stereocenters. The van der Waals surface area contributed by atoms with Gasteiger partial charge in [-0.15, -0.1) is 29.9 Å². The number of nitrogens with zero attached hydrogens (tertiary/aromatic N) is 3. The molecule has 6 nitrogen and oxygen atoms in total. The van der Waals surface area contributed by atoms with E-state index >= 15 is 0 Å². The van der Waals surface area contributed by atoms with Crippen molar-refractivity contribution >= 4 is 40.5 Å². The highest BCUT2D eigenvalue weighted by Crippen LogP contribution is 2.24. The number of halogens is 2. The first-order valence-corrected chi connectivity index (χ1v) is 7.84. The Kier molecular flexibility index (Phi) is 7.17. The van der Waals surface area contributed by atoms with Crippen LogP contribution in [0, 0.1) is 6.92 Å². The lowest BCUT2D eigenvalue weighted by molar-refractivity contribution is 0.589.